The van der Waals surface area contributed by atoms with Crippen LogP contribution in [0.1, 0.15) is 51.4 Å². The Hall–Kier alpha value is -1.58. The lowest BCUT2D eigenvalue weighted by Gasteiger charge is -2.33. The van der Waals surface area contributed by atoms with Crippen molar-refractivity contribution in [3.63, 3.8) is 0 Å². The van der Waals surface area contributed by atoms with Crippen LogP contribution in [-0.2, 0) is 0 Å². The Kier molecular flexibility index (Phi) is 4.56. The van der Waals surface area contributed by atoms with E-state index in [1.54, 1.807) is 25.5 Å². The van der Waals surface area contributed by atoms with Crippen molar-refractivity contribution in [3.8, 4) is 0 Å². The maximum absolute atomic E-state index is 12.3. The second-order valence-corrected chi connectivity index (χ2v) is 6.75. The summed E-state index contributed by atoms with van der Waals surface area (Å²) in [6, 6.07) is 1.73. The van der Waals surface area contributed by atoms with E-state index in [9.17, 15) is 4.79 Å². The predicted molar refractivity (Wildman–Crippen MR) is 79.4 cm³/mol. The van der Waals surface area contributed by atoms with Crippen LogP contribution in [0, 0.1) is 5.41 Å². The molecular formula is C15H25N3O. The van der Waals surface area contributed by atoms with Gasteiger partial charge in [-0.3, -0.25) is 9.78 Å². The maximum atomic E-state index is 12.3. The molecule has 0 aliphatic rings. The highest BCUT2D eigenvalue weighted by Crippen LogP contribution is 2.27. The minimum absolute atomic E-state index is 0.0685. The first-order valence-corrected chi connectivity index (χ1v) is 6.59. The highest BCUT2D eigenvalue weighted by Gasteiger charge is 2.27. The van der Waals surface area contributed by atoms with Gasteiger partial charge < -0.3 is 10.6 Å². The Morgan fingerprint density at radius 3 is 2.42 bits per heavy atom. The van der Waals surface area contributed by atoms with Gasteiger partial charge in [-0.05, 0) is 31.7 Å². The van der Waals surface area contributed by atoms with Crippen molar-refractivity contribution in [1.82, 2.24) is 10.3 Å². The van der Waals surface area contributed by atoms with Gasteiger partial charge in [0.1, 0.15) is 0 Å². The van der Waals surface area contributed by atoms with E-state index in [1.165, 1.54) is 0 Å². The number of anilines is 1. The first kappa shape index (κ1) is 15.5. The SMILES string of the molecule is CNc1cnccc1C(=O)NC(C)(C)CC(C)(C)C. The lowest BCUT2D eigenvalue weighted by Crippen LogP contribution is -2.45. The van der Waals surface area contributed by atoms with Crippen molar-refractivity contribution in [2.24, 2.45) is 5.41 Å². The van der Waals surface area contributed by atoms with Crippen molar-refractivity contribution >= 4 is 11.6 Å². The molecule has 4 heteroatoms. The second-order valence-electron chi connectivity index (χ2n) is 6.75. The molecule has 2 N–H and O–H groups in total. The summed E-state index contributed by atoms with van der Waals surface area (Å²) in [6.45, 7) is 10.6. The number of rotatable bonds is 4. The van der Waals surface area contributed by atoms with E-state index in [0.29, 0.717) is 5.56 Å². The highest BCUT2D eigenvalue weighted by molar-refractivity contribution is 5.99. The smallest absolute Gasteiger partial charge is 0.253 e. The van der Waals surface area contributed by atoms with Crippen LogP contribution < -0.4 is 10.6 Å². The summed E-state index contributed by atoms with van der Waals surface area (Å²) in [5.74, 6) is -0.0685. The zero-order chi connectivity index (χ0) is 14.7. The van der Waals surface area contributed by atoms with Crippen LogP contribution in [0.3, 0.4) is 0 Å². The summed E-state index contributed by atoms with van der Waals surface area (Å²) in [7, 11) is 1.79. The molecule has 0 atom stereocenters. The molecule has 1 aromatic rings. The molecule has 0 fully saturated rings. The van der Waals surface area contributed by atoms with E-state index in [0.717, 1.165) is 12.1 Å². The monoisotopic (exact) mass is 263 g/mol. The molecule has 0 spiro atoms. The van der Waals surface area contributed by atoms with Crippen LogP contribution in [0.2, 0.25) is 0 Å². The van der Waals surface area contributed by atoms with Gasteiger partial charge in [-0.25, -0.2) is 0 Å². The molecule has 1 heterocycles. The molecule has 4 nitrogen and oxygen atoms in total. The molecule has 0 saturated heterocycles. The average molecular weight is 263 g/mol. The Morgan fingerprint density at radius 2 is 1.89 bits per heavy atom. The number of aromatic nitrogens is 1. The zero-order valence-corrected chi connectivity index (χ0v) is 12.8. The van der Waals surface area contributed by atoms with E-state index in [2.05, 4.69) is 50.2 Å². The normalized spacial score (nSPS) is 12.1. The van der Waals surface area contributed by atoms with Crippen LogP contribution in [0.4, 0.5) is 5.69 Å². The summed E-state index contributed by atoms with van der Waals surface area (Å²) in [5.41, 5.74) is 1.29. The molecule has 0 aromatic carbocycles. The Balaban J connectivity index is 2.85. The van der Waals surface area contributed by atoms with Gasteiger partial charge in [0.05, 0.1) is 17.4 Å². The summed E-state index contributed by atoms with van der Waals surface area (Å²) < 4.78 is 0. The number of hydrogen-bond acceptors (Lipinski definition) is 3. The van der Waals surface area contributed by atoms with Gasteiger partial charge >= 0.3 is 0 Å². The fourth-order valence-corrected chi connectivity index (χ4v) is 2.54. The summed E-state index contributed by atoms with van der Waals surface area (Å²) >= 11 is 0. The number of amides is 1. The molecule has 0 bridgehead atoms. The van der Waals surface area contributed by atoms with Gasteiger partial charge in [0, 0.05) is 18.8 Å². The highest BCUT2D eigenvalue weighted by atomic mass is 16.1. The standard InChI is InChI=1S/C15H25N3O/c1-14(2,3)10-15(4,5)18-13(19)11-7-8-17-9-12(11)16-6/h7-9,16H,10H2,1-6H3,(H,18,19). The summed E-state index contributed by atoms with van der Waals surface area (Å²) in [6.07, 6.45) is 4.20. The topological polar surface area (TPSA) is 54.0 Å². The number of nitrogens with one attached hydrogen (secondary N) is 2. The van der Waals surface area contributed by atoms with Crippen molar-refractivity contribution in [2.45, 2.75) is 46.6 Å². The molecule has 0 aliphatic carbocycles. The van der Waals surface area contributed by atoms with E-state index in [4.69, 9.17) is 0 Å². The van der Waals surface area contributed by atoms with Crippen LogP contribution in [0.5, 0.6) is 0 Å². The van der Waals surface area contributed by atoms with Gasteiger partial charge in [0.2, 0.25) is 0 Å². The van der Waals surface area contributed by atoms with Gasteiger partial charge in [-0.2, -0.15) is 0 Å². The van der Waals surface area contributed by atoms with Crippen molar-refractivity contribution in [1.29, 1.82) is 0 Å². The van der Waals surface area contributed by atoms with E-state index < -0.39 is 0 Å². The second kappa shape index (κ2) is 5.59. The third-order valence-electron chi connectivity index (χ3n) is 2.76. The molecule has 106 valence electrons. The Labute approximate surface area is 116 Å². The minimum atomic E-state index is -0.246. The van der Waals surface area contributed by atoms with Crippen LogP contribution in [0.15, 0.2) is 18.5 Å². The molecule has 0 radical (unpaired) electrons. The number of carbonyl (C=O) groups excluding carboxylic acids is 1. The van der Waals surface area contributed by atoms with Gasteiger partial charge in [-0.1, -0.05) is 20.8 Å². The summed E-state index contributed by atoms with van der Waals surface area (Å²) in [5, 5.41) is 6.08. The molecule has 1 rings (SSSR count). The van der Waals surface area contributed by atoms with Crippen molar-refractivity contribution in [2.75, 3.05) is 12.4 Å². The minimum Gasteiger partial charge on any atom is -0.386 e. The maximum Gasteiger partial charge on any atom is 0.253 e. The van der Waals surface area contributed by atoms with E-state index >= 15 is 0 Å². The van der Waals surface area contributed by atoms with Crippen LogP contribution in [0.25, 0.3) is 0 Å². The van der Waals surface area contributed by atoms with Gasteiger partial charge in [0.15, 0.2) is 0 Å². The first-order valence-electron chi connectivity index (χ1n) is 6.59. The third-order valence-corrected chi connectivity index (χ3v) is 2.76. The first-order chi connectivity index (χ1) is 8.64. The Bertz CT molecular complexity index is 447. The number of hydrogen-bond donors (Lipinski definition) is 2. The van der Waals surface area contributed by atoms with E-state index in [-0.39, 0.29) is 16.9 Å². The van der Waals surface area contributed by atoms with E-state index in [1.807, 2.05) is 0 Å². The molecular weight excluding hydrogens is 238 g/mol. The molecule has 0 saturated carbocycles. The molecule has 1 amide bonds. The van der Waals surface area contributed by atoms with Gasteiger partial charge in [0.25, 0.3) is 5.91 Å². The van der Waals surface area contributed by atoms with Crippen LogP contribution >= 0.6 is 0 Å². The molecule has 0 unspecified atom stereocenters. The molecule has 19 heavy (non-hydrogen) atoms. The third kappa shape index (κ3) is 4.89. The largest absolute Gasteiger partial charge is 0.386 e. The number of nitrogens with zero attached hydrogens (tertiary/aromatic N) is 1. The fourth-order valence-electron chi connectivity index (χ4n) is 2.54. The lowest BCUT2D eigenvalue weighted by molar-refractivity contribution is 0.0892. The average Bonchev–Trinajstić information content (AvgIpc) is 2.24. The fraction of sp³-hybridized carbons (Fsp3) is 0.600. The zero-order valence-electron chi connectivity index (χ0n) is 12.8. The number of pyridine rings is 1. The lowest BCUT2D eigenvalue weighted by atomic mass is 9.81. The Morgan fingerprint density at radius 1 is 1.26 bits per heavy atom. The predicted octanol–water partition coefficient (Wildman–Crippen LogP) is 3.07. The van der Waals surface area contributed by atoms with Crippen molar-refractivity contribution in [3.05, 3.63) is 24.0 Å². The molecule has 1 aromatic heterocycles. The number of carbonyl (C=O) groups is 1. The summed E-state index contributed by atoms with van der Waals surface area (Å²) in [4.78, 5) is 16.4. The quantitative estimate of drug-likeness (QED) is 0.877. The van der Waals surface area contributed by atoms with Gasteiger partial charge in [-0.15, -0.1) is 0 Å². The van der Waals surface area contributed by atoms with Crippen LogP contribution in [-0.4, -0.2) is 23.5 Å². The van der Waals surface area contributed by atoms with Crippen molar-refractivity contribution < 1.29 is 4.79 Å². The molecule has 0 aliphatic heterocycles.